The van der Waals surface area contributed by atoms with Crippen LogP contribution in [-0.4, -0.2) is 11.4 Å². The predicted octanol–water partition coefficient (Wildman–Crippen LogP) is 4.81. The molecule has 1 aliphatic carbocycles. The molecule has 0 radical (unpaired) electrons. The van der Waals surface area contributed by atoms with Crippen LogP contribution in [0.25, 0.3) is 16.1 Å². The fraction of sp³-hybridized carbons (Fsp3) is 0.0476. The lowest BCUT2D eigenvalue weighted by Gasteiger charge is -2.16. The maximum Gasteiger partial charge on any atom is 0.206 e. The van der Waals surface area contributed by atoms with Crippen molar-refractivity contribution in [2.45, 2.75) is 6.92 Å². The minimum absolute atomic E-state index is 0.351. The Morgan fingerprint density at radius 2 is 1.46 bits per heavy atom. The van der Waals surface area contributed by atoms with E-state index in [1.807, 2.05) is 37.4 Å². The molecule has 26 heavy (non-hydrogen) atoms. The van der Waals surface area contributed by atoms with Gasteiger partial charge in [0, 0.05) is 11.1 Å². The van der Waals surface area contributed by atoms with Crippen molar-refractivity contribution in [1.82, 2.24) is 0 Å². The number of halogens is 1. The van der Waals surface area contributed by atoms with Crippen molar-refractivity contribution in [1.29, 1.82) is 5.26 Å². The van der Waals surface area contributed by atoms with Gasteiger partial charge in [-0.15, -0.1) is 4.95 Å². The van der Waals surface area contributed by atoms with Gasteiger partial charge in [-0.05, 0) is 42.3 Å². The molecule has 124 valence electrons. The molecule has 0 unspecified atom stereocenters. The van der Waals surface area contributed by atoms with Crippen molar-refractivity contribution in [3.05, 3.63) is 94.7 Å². The van der Waals surface area contributed by atoms with Gasteiger partial charge in [0.15, 0.2) is 5.71 Å². The first kappa shape index (κ1) is 17.0. The summed E-state index contributed by atoms with van der Waals surface area (Å²) in [6, 6.07) is 13.7. The maximum absolute atomic E-state index is 13.2. The van der Waals surface area contributed by atoms with E-state index in [1.54, 1.807) is 24.3 Å². The Hall–Kier alpha value is -3.83. The van der Waals surface area contributed by atoms with E-state index >= 15 is 0 Å². The summed E-state index contributed by atoms with van der Waals surface area (Å²) in [6.07, 6.45) is 5.26. The molecule has 2 aromatic carbocycles. The van der Waals surface area contributed by atoms with Gasteiger partial charge >= 0.3 is 0 Å². The van der Waals surface area contributed by atoms with Crippen LogP contribution in [0.4, 0.5) is 4.39 Å². The van der Waals surface area contributed by atoms with E-state index in [1.165, 1.54) is 12.1 Å². The normalized spacial score (nSPS) is 16.6. The van der Waals surface area contributed by atoms with E-state index in [0.717, 1.165) is 11.1 Å². The summed E-state index contributed by atoms with van der Waals surface area (Å²) < 4.78 is 13.2. The second kappa shape index (κ2) is 7.38. The van der Waals surface area contributed by atoms with Crippen LogP contribution in [0.2, 0.25) is 0 Å². The molecule has 0 aliphatic heterocycles. The van der Waals surface area contributed by atoms with Gasteiger partial charge in [-0.1, -0.05) is 42.0 Å². The first-order valence-electron chi connectivity index (χ1n) is 7.80. The Bertz CT molecular complexity index is 954. The summed E-state index contributed by atoms with van der Waals surface area (Å²) in [6.45, 7) is 9.08. The van der Waals surface area contributed by atoms with Crippen LogP contribution < -0.4 is 0 Å². The number of allylic oxidation sites excluding steroid dienone is 4. The van der Waals surface area contributed by atoms with Gasteiger partial charge in [-0.2, -0.15) is 16.8 Å². The first-order valence-corrected chi connectivity index (χ1v) is 7.80. The predicted molar refractivity (Wildman–Crippen MR) is 101 cm³/mol. The van der Waals surface area contributed by atoms with Gasteiger partial charge in [0.25, 0.3) is 0 Å². The van der Waals surface area contributed by atoms with Crippen LogP contribution in [0.1, 0.15) is 16.7 Å². The van der Waals surface area contributed by atoms with E-state index in [2.05, 4.69) is 15.0 Å². The smallest absolute Gasteiger partial charge is 0.206 e. The maximum atomic E-state index is 13.2. The number of nitrogens with zero attached hydrogens (tertiary/aromatic N) is 4. The highest BCUT2D eigenvalue weighted by Gasteiger charge is 2.22. The highest BCUT2D eigenvalue weighted by molar-refractivity contribution is 6.46. The van der Waals surface area contributed by atoms with Crippen molar-refractivity contribution >= 4 is 22.6 Å². The Morgan fingerprint density at radius 3 is 2.04 bits per heavy atom. The molecule has 0 spiro atoms. The molecule has 4 nitrogen and oxygen atoms in total. The standard InChI is InChI=1S/C21H13FN4/c1-14-3-5-15(6-4-14)18-12-21(26-24-2)19(11-20(18)25-13-23)16-7-9-17(22)10-8-16/h3-12H,1H3/b25-20?,26-21-. The average molecular weight is 340 g/mol. The molecule has 0 heterocycles. The molecule has 0 aromatic heterocycles. The summed E-state index contributed by atoms with van der Waals surface area (Å²) in [5.74, 6) is -0.351. The highest BCUT2D eigenvalue weighted by Crippen LogP contribution is 2.29. The number of rotatable bonds is 2. The number of aliphatic imine (C=N–C) groups is 1. The molecule has 3 rings (SSSR count). The van der Waals surface area contributed by atoms with Crippen LogP contribution in [0.5, 0.6) is 0 Å². The molecule has 0 atom stereocenters. The van der Waals surface area contributed by atoms with E-state index in [0.29, 0.717) is 28.1 Å². The molecule has 2 aromatic rings. The molecule has 5 heteroatoms. The van der Waals surface area contributed by atoms with Crippen molar-refractivity contribution in [2.75, 3.05) is 0 Å². The van der Waals surface area contributed by atoms with Gasteiger partial charge in [0.05, 0.1) is 10.8 Å². The molecule has 0 bridgehead atoms. The Balaban J connectivity index is 2.16. The molecule has 0 fully saturated rings. The van der Waals surface area contributed by atoms with E-state index < -0.39 is 0 Å². The molecule has 0 amide bonds. The molecule has 0 saturated carbocycles. The summed E-state index contributed by atoms with van der Waals surface area (Å²) >= 11 is 0. The van der Waals surface area contributed by atoms with Crippen molar-refractivity contribution in [3.8, 4) is 6.19 Å². The van der Waals surface area contributed by atoms with Crippen molar-refractivity contribution in [2.24, 2.45) is 10.1 Å². The van der Waals surface area contributed by atoms with Gasteiger partial charge in [0.2, 0.25) is 6.19 Å². The van der Waals surface area contributed by atoms with Gasteiger partial charge in [-0.25, -0.2) is 4.39 Å². The lowest BCUT2D eigenvalue weighted by molar-refractivity contribution is 0.627. The number of nitriles is 1. The number of benzene rings is 2. The monoisotopic (exact) mass is 340 g/mol. The zero-order chi connectivity index (χ0) is 18.5. The largest absolute Gasteiger partial charge is 0.207 e. The second-order valence-electron chi connectivity index (χ2n) is 5.67. The van der Waals surface area contributed by atoms with Crippen molar-refractivity contribution < 1.29 is 4.39 Å². The summed E-state index contributed by atoms with van der Waals surface area (Å²) in [4.78, 5) is 7.06. The third-order valence-corrected chi connectivity index (χ3v) is 3.96. The average Bonchev–Trinajstić information content (AvgIpc) is 2.64. The summed E-state index contributed by atoms with van der Waals surface area (Å²) in [5, 5.41) is 13.0. The SMILES string of the molecule is [C-]#[N+]/N=C1/C=C(c2ccc(C)cc2)C(=NC#N)C=C1c1ccc(F)cc1. The molecule has 1 aliphatic rings. The van der Waals surface area contributed by atoms with E-state index in [9.17, 15) is 4.39 Å². The Kier molecular flexibility index (Phi) is 4.83. The molecule has 0 N–H and O–H groups in total. The summed E-state index contributed by atoms with van der Waals surface area (Å²) in [5.41, 5.74) is 4.92. The topological polar surface area (TPSA) is 52.9 Å². The molecular weight excluding hydrogens is 327 g/mol. The third-order valence-electron chi connectivity index (χ3n) is 3.96. The van der Waals surface area contributed by atoms with Gasteiger partial charge < -0.3 is 0 Å². The fourth-order valence-electron chi connectivity index (χ4n) is 2.68. The van der Waals surface area contributed by atoms with Crippen molar-refractivity contribution in [3.63, 3.8) is 0 Å². The third kappa shape index (κ3) is 3.48. The van der Waals surface area contributed by atoms with Crippen LogP contribution >= 0.6 is 0 Å². The quantitative estimate of drug-likeness (QED) is 0.335. The van der Waals surface area contributed by atoms with Crippen LogP contribution in [0, 0.1) is 30.8 Å². The minimum Gasteiger partial charge on any atom is -0.207 e. The van der Waals surface area contributed by atoms with E-state index in [-0.39, 0.29) is 5.82 Å². The summed E-state index contributed by atoms with van der Waals surface area (Å²) in [7, 11) is 0. The van der Waals surface area contributed by atoms with Gasteiger partial charge in [-0.3, -0.25) is 0 Å². The van der Waals surface area contributed by atoms with Gasteiger partial charge in [0.1, 0.15) is 5.82 Å². The zero-order valence-electron chi connectivity index (χ0n) is 13.9. The first-order chi connectivity index (χ1) is 12.6. The number of aryl methyl sites for hydroxylation is 1. The number of hydrogen-bond donors (Lipinski definition) is 0. The number of hydrogen-bond acceptors (Lipinski definition) is 3. The highest BCUT2D eigenvalue weighted by atomic mass is 19.1. The molecular formula is C21H13FN4. The lowest BCUT2D eigenvalue weighted by atomic mass is 9.88. The van der Waals surface area contributed by atoms with Crippen LogP contribution in [-0.2, 0) is 0 Å². The Labute approximate surface area is 150 Å². The van der Waals surface area contributed by atoms with Crippen LogP contribution in [0.3, 0.4) is 0 Å². The zero-order valence-corrected chi connectivity index (χ0v) is 13.9. The fourth-order valence-corrected chi connectivity index (χ4v) is 2.68. The minimum atomic E-state index is -0.351. The molecule has 0 saturated heterocycles. The van der Waals surface area contributed by atoms with Crippen LogP contribution in [0.15, 0.2) is 70.8 Å². The lowest BCUT2D eigenvalue weighted by Crippen LogP contribution is -2.12. The van der Waals surface area contributed by atoms with E-state index in [4.69, 9.17) is 11.8 Å². The Morgan fingerprint density at radius 1 is 0.923 bits per heavy atom. The second-order valence-corrected chi connectivity index (χ2v) is 5.67.